The lowest BCUT2D eigenvalue weighted by molar-refractivity contribution is -0.117. The maximum Gasteiger partial charge on any atom is 0.269 e. The van der Waals surface area contributed by atoms with Crippen molar-refractivity contribution in [2.75, 3.05) is 0 Å². The molecule has 2 rings (SSSR count). The summed E-state index contributed by atoms with van der Waals surface area (Å²) in [6.07, 6.45) is 3.06. The summed E-state index contributed by atoms with van der Waals surface area (Å²) >= 11 is 5.76. The van der Waals surface area contributed by atoms with E-state index in [9.17, 15) is 9.59 Å². The zero-order valence-electron chi connectivity index (χ0n) is 13.5. The maximum absolute atomic E-state index is 11.8. The molecular weight excluding hydrogens is 324 g/mol. The fourth-order valence-electron chi connectivity index (χ4n) is 2.00. The summed E-state index contributed by atoms with van der Waals surface area (Å²) in [5.41, 5.74) is 7.25. The van der Waals surface area contributed by atoms with Gasteiger partial charge in [-0.1, -0.05) is 49.7 Å². The third-order valence-corrected chi connectivity index (χ3v) is 3.69. The van der Waals surface area contributed by atoms with Crippen molar-refractivity contribution in [2.45, 2.75) is 19.8 Å². The molecule has 0 spiro atoms. The van der Waals surface area contributed by atoms with Crippen LogP contribution < -0.4 is 10.9 Å². The molecule has 0 unspecified atom stereocenters. The minimum atomic E-state index is -0.412. The fourth-order valence-corrected chi connectivity index (χ4v) is 2.12. The summed E-state index contributed by atoms with van der Waals surface area (Å²) in [6.45, 7) is 4.25. The Labute approximate surface area is 146 Å². The first kappa shape index (κ1) is 17.8. The van der Waals surface area contributed by atoms with Crippen molar-refractivity contribution in [3.63, 3.8) is 0 Å². The van der Waals surface area contributed by atoms with E-state index in [0.29, 0.717) is 16.5 Å². The summed E-state index contributed by atoms with van der Waals surface area (Å²) in [4.78, 5) is 23.6. The van der Waals surface area contributed by atoms with Gasteiger partial charge in [-0.25, -0.2) is 0 Å². The third-order valence-electron chi connectivity index (χ3n) is 3.44. The highest BCUT2D eigenvalue weighted by atomic mass is 35.5. The molecule has 0 radical (unpaired) electrons. The molecular formula is C19H19ClN2O2. The molecule has 0 heterocycles. The quantitative estimate of drug-likeness (QED) is 0.653. The molecule has 4 nitrogen and oxygen atoms in total. The number of nitrogens with one attached hydrogen (secondary N) is 2. The van der Waals surface area contributed by atoms with Gasteiger partial charge in [-0.05, 0) is 47.4 Å². The zero-order chi connectivity index (χ0) is 17.5. The van der Waals surface area contributed by atoms with Crippen LogP contribution in [0.5, 0.6) is 0 Å². The summed E-state index contributed by atoms with van der Waals surface area (Å²) < 4.78 is 0. The van der Waals surface area contributed by atoms with E-state index < -0.39 is 11.8 Å². The van der Waals surface area contributed by atoms with Gasteiger partial charge in [-0.2, -0.15) is 0 Å². The molecule has 0 saturated carbocycles. The largest absolute Gasteiger partial charge is 0.269 e. The molecule has 2 amide bonds. The van der Waals surface area contributed by atoms with Crippen LogP contribution in [-0.4, -0.2) is 11.8 Å². The van der Waals surface area contributed by atoms with Gasteiger partial charge in [0.1, 0.15) is 0 Å². The Morgan fingerprint density at radius 3 is 2.17 bits per heavy atom. The van der Waals surface area contributed by atoms with E-state index in [4.69, 9.17) is 11.6 Å². The lowest BCUT2D eigenvalue weighted by atomic mass is 10.0. The Hall–Kier alpha value is -2.59. The predicted octanol–water partition coefficient (Wildman–Crippen LogP) is 3.94. The molecule has 2 aromatic carbocycles. The molecule has 0 bridgehead atoms. The van der Waals surface area contributed by atoms with Crippen LogP contribution in [0.3, 0.4) is 0 Å². The highest BCUT2D eigenvalue weighted by molar-refractivity contribution is 6.30. The van der Waals surface area contributed by atoms with Crippen molar-refractivity contribution >= 4 is 29.5 Å². The third kappa shape index (κ3) is 5.25. The Balaban J connectivity index is 1.86. The lowest BCUT2D eigenvalue weighted by Gasteiger charge is -2.06. The number of hydrogen-bond donors (Lipinski definition) is 2. The van der Waals surface area contributed by atoms with Crippen LogP contribution in [0.2, 0.25) is 5.02 Å². The molecule has 0 fully saturated rings. The molecule has 0 atom stereocenters. The molecule has 2 N–H and O–H groups in total. The molecule has 24 heavy (non-hydrogen) atoms. The van der Waals surface area contributed by atoms with Gasteiger partial charge in [0, 0.05) is 16.7 Å². The van der Waals surface area contributed by atoms with Gasteiger partial charge in [0.2, 0.25) is 0 Å². The van der Waals surface area contributed by atoms with Gasteiger partial charge in [0.25, 0.3) is 11.8 Å². The Bertz CT molecular complexity index is 735. The number of benzene rings is 2. The Kier molecular flexibility index (Phi) is 6.15. The average molecular weight is 343 g/mol. The summed E-state index contributed by atoms with van der Waals surface area (Å²) in [7, 11) is 0. The van der Waals surface area contributed by atoms with Crippen molar-refractivity contribution in [1.82, 2.24) is 10.9 Å². The standard InChI is InChI=1S/C19H19ClN2O2/c1-13(2)15-6-3-14(4-7-15)5-12-18(23)21-22-19(24)16-8-10-17(20)11-9-16/h3-13H,1-2H3,(H,21,23)(H,22,24). The zero-order valence-corrected chi connectivity index (χ0v) is 14.3. The minimum Gasteiger partial charge on any atom is -0.268 e. The smallest absolute Gasteiger partial charge is 0.268 e. The number of amides is 2. The first-order valence-electron chi connectivity index (χ1n) is 7.59. The molecule has 5 heteroatoms. The van der Waals surface area contributed by atoms with Crippen molar-refractivity contribution in [2.24, 2.45) is 0 Å². The highest BCUT2D eigenvalue weighted by Crippen LogP contribution is 2.15. The number of hydrazine groups is 1. The number of rotatable bonds is 4. The van der Waals surface area contributed by atoms with E-state index in [1.165, 1.54) is 11.6 Å². The monoisotopic (exact) mass is 342 g/mol. The molecule has 2 aromatic rings. The fraction of sp³-hybridized carbons (Fsp3) is 0.158. The normalized spacial score (nSPS) is 10.8. The van der Waals surface area contributed by atoms with Crippen LogP contribution in [0.1, 0.15) is 41.3 Å². The molecule has 124 valence electrons. The van der Waals surface area contributed by atoms with Crippen LogP contribution in [0.4, 0.5) is 0 Å². The van der Waals surface area contributed by atoms with Crippen molar-refractivity contribution < 1.29 is 9.59 Å². The highest BCUT2D eigenvalue weighted by Gasteiger charge is 2.05. The van der Waals surface area contributed by atoms with Crippen LogP contribution in [0.15, 0.2) is 54.6 Å². The first-order chi connectivity index (χ1) is 11.5. The van der Waals surface area contributed by atoms with Crippen molar-refractivity contribution in [3.8, 4) is 0 Å². The van der Waals surface area contributed by atoms with Gasteiger partial charge in [-0.15, -0.1) is 0 Å². The van der Waals surface area contributed by atoms with E-state index in [1.807, 2.05) is 24.3 Å². The van der Waals surface area contributed by atoms with E-state index in [0.717, 1.165) is 5.56 Å². The second kappa shape index (κ2) is 8.31. The molecule has 0 aromatic heterocycles. The Morgan fingerprint density at radius 1 is 0.958 bits per heavy atom. The van der Waals surface area contributed by atoms with E-state index in [2.05, 4.69) is 24.7 Å². The van der Waals surface area contributed by atoms with Crippen LogP contribution in [-0.2, 0) is 4.79 Å². The predicted molar refractivity (Wildman–Crippen MR) is 96.6 cm³/mol. The molecule has 0 aliphatic heterocycles. The van der Waals surface area contributed by atoms with Gasteiger partial charge >= 0.3 is 0 Å². The van der Waals surface area contributed by atoms with Gasteiger partial charge in [0.15, 0.2) is 0 Å². The number of carbonyl (C=O) groups is 2. The number of halogens is 1. The summed E-state index contributed by atoms with van der Waals surface area (Å²) in [6, 6.07) is 14.3. The van der Waals surface area contributed by atoms with E-state index >= 15 is 0 Å². The van der Waals surface area contributed by atoms with E-state index in [1.54, 1.807) is 30.3 Å². The second-order valence-corrected chi connectivity index (χ2v) is 6.04. The average Bonchev–Trinajstić information content (AvgIpc) is 2.58. The number of carbonyl (C=O) groups excluding carboxylic acids is 2. The van der Waals surface area contributed by atoms with Crippen LogP contribution in [0, 0.1) is 0 Å². The lowest BCUT2D eigenvalue weighted by Crippen LogP contribution is -2.40. The van der Waals surface area contributed by atoms with Gasteiger partial charge < -0.3 is 0 Å². The van der Waals surface area contributed by atoms with Crippen molar-refractivity contribution in [1.29, 1.82) is 0 Å². The summed E-state index contributed by atoms with van der Waals surface area (Å²) in [5, 5.41) is 0.544. The molecule has 0 aliphatic carbocycles. The second-order valence-electron chi connectivity index (χ2n) is 5.60. The maximum atomic E-state index is 11.8. The van der Waals surface area contributed by atoms with Gasteiger partial charge in [-0.3, -0.25) is 20.4 Å². The first-order valence-corrected chi connectivity index (χ1v) is 7.97. The van der Waals surface area contributed by atoms with Crippen molar-refractivity contribution in [3.05, 3.63) is 76.3 Å². The minimum absolute atomic E-state index is 0.408. The topological polar surface area (TPSA) is 58.2 Å². The molecule has 0 aliphatic rings. The van der Waals surface area contributed by atoms with E-state index in [-0.39, 0.29) is 0 Å². The SMILES string of the molecule is CC(C)c1ccc(C=CC(=O)NNC(=O)c2ccc(Cl)cc2)cc1. The number of hydrogen-bond acceptors (Lipinski definition) is 2. The van der Waals surface area contributed by atoms with Gasteiger partial charge in [0.05, 0.1) is 0 Å². The Morgan fingerprint density at radius 2 is 1.58 bits per heavy atom. The van der Waals surface area contributed by atoms with Crippen LogP contribution in [0.25, 0.3) is 6.08 Å². The molecule has 0 saturated heterocycles. The van der Waals surface area contributed by atoms with Crippen LogP contribution >= 0.6 is 11.6 Å². The summed E-state index contributed by atoms with van der Waals surface area (Å²) in [5.74, 6) is -0.352.